The molecule has 2 heterocycles. The van der Waals surface area contributed by atoms with Gasteiger partial charge in [-0.2, -0.15) is 0 Å². The summed E-state index contributed by atoms with van der Waals surface area (Å²) < 4.78 is 5.18. The summed E-state index contributed by atoms with van der Waals surface area (Å²) in [5.74, 6) is -2.05. The van der Waals surface area contributed by atoms with Gasteiger partial charge in [0, 0.05) is 11.3 Å². The number of carbonyl (C=O) groups is 4. The summed E-state index contributed by atoms with van der Waals surface area (Å²) in [4.78, 5) is 49.4. The molecule has 0 aliphatic carbocycles. The minimum Gasteiger partial charge on any atom is -0.456 e. The van der Waals surface area contributed by atoms with E-state index in [0.717, 1.165) is 5.56 Å². The Labute approximate surface area is 172 Å². The quantitative estimate of drug-likeness (QED) is 0.536. The third-order valence-corrected chi connectivity index (χ3v) is 5.66. The van der Waals surface area contributed by atoms with Crippen molar-refractivity contribution in [2.75, 3.05) is 11.9 Å². The lowest BCUT2D eigenvalue weighted by molar-refractivity contribution is -0.146. The van der Waals surface area contributed by atoms with Crippen molar-refractivity contribution in [1.82, 2.24) is 5.32 Å². The maximum absolute atomic E-state index is 12.5. The van der Waals surface area contributed by atoms with Crippen LogP contribution >= 0.6 is 11.3 Å². The van der Waals surface area contributed by atoms with Gasteiger partial charge in [0.15, 0.2) is 12.4 Å². The van der Waals surface area contributed by atoms with Crippen LogP contribution in [0.1, 0.15) is 52.3 Å². The number of fused-ring (bicyclic) bond motifs is 1. The van der Waals surface area contributed by atoms with Crippen molar-refractivity contribution in [2.24, 2.45) is 5.92 Å². The Balaban J connectivity index is 1.62. The van der Waals surface area contributed by atoms with E-state index in [0.29, 0.717) is 16.1 Å². The van der Waals surface area contributed by atoms with E-state index < -0.39 is 18.6 Å². The predicted octanol–water partition coefficient (Wildman–Crippen LogP) is 2.98. The molecule has 0 spiro atoms. The largest absolute Gasteiger partial charge is 0.456 e. The van der Waals surface area contributed by atoms with Crippen molar-refractivity contribution in [3.8, 4) is 0 Å². The first kappa shape index (κ1) is 20.7. The highest BCUT2D eigenvalue weighted by Gasteiger charge is 2.29. The van der Waals surface area contributed by atoms with Crippen molar-refractivity contribution in [1.29, 1.82) is 0 Å². The molecule has 1 aliphatic heterocycles. The normalized spacial score (nSPS) is 16.1. The molecule has 29 heavy (non-hydrogen) atoms. The summed E-state index contributed by atoms with van der Waals surface area (Å²) in [5.41, 5.74) is 1.80. The van der Waals surface area contributed by atoms with E-state index in [4.69, 9.17) is 4.74 Å². The third-order valence-electron chi connectivity index (χ3n) is 4.79. The minimum absolute atomic E-state index is 0.114. The first-order chi connectivity index (χ1) is 13.8. The van der Waals surface area contributed by atoms with Crippen LogP contribution in [0.15, 0.2) is 35.7 Å². The minimum atomic E-state index is -0.862. The van der Waals surface area contributed by atoms with Gasteiger partial charge >= 0.3 is 5.97 Å². The number of benzene rings is 1. The standard InChI is InChI=1S/C21H22N2O5S/c1-11(2)18(23-20(26)17-5-4-8-29-17)21(27)28-10-16(24)13-6-7-15-14(9-13)12(3)19(25)22-15/h4-9,11-12,18H,10H2,1-3H3,(H,22,25)(H,23,26)/t12-,18+/m0/s1. The molecule has 0 fully saturated rings. The number of esters is 1. The van der Waals surface area contributed by atoms with Crippen LogP contribution in [0.25, 0.3) is 0 Å². The molecule has 2 N–H and O–H groups in total. The highest BCUT2D eigenvalue weighted by Crippen LogP contribution is 2.32. The van der Waals surface area contributed by atoms with E-state index >= 15 is 0 Å². The smallest absolute Gasteiger partial charge is 0.329 e. The SMILES string of the molecule is CC(C)[C@@H](NC(=O)c1cccs1)C(=O)OCC(=O)c1ccc2c(c1)[C@H](C)C(=O)N2. The number of ether oxygens (including phenoxy) is 1. The lowest BCUT2D eigenvalue weighted by Crippen LogP contribution is -2.45. The van der Waals surface area contributed by atoms with Crippen LogP contribution in [0.5, 0.6) is 0 Å². The molecule has 152 valence electrons. The molecule has 2 amide bonds. The molecule has 3 rings (SSSR count). The number of carbonyl (C=O) groups excluding carboxylic acids is 4. The van der Waals surface area contributed by atoms with Crippen molar-refractivity contribution in [2.45, 2.75) is 32.7 Å². The first-order valence-corrected chi connectivity index (χ1v) is 10.1. The molecule has 7 nitrogen and oxygen atoms in total. The molecule has 0 radical (unpaired) electrons. The molecular weight excluding hydrogens is 392 g/mol. The van der Waals surface area contributed by atoms with Gasteiger partial charge in [-0.3, -0.25) is 14.4 Å². The van der Waals surface area contributed by atoms with Gasteiger partial charge in [0.1, 0.15) is 6.04 Å². The maximum Gasteiger partial charge on any atom is 0.329 e. The van der Waals surface area contributed by atoms with Gasteiger partial charge in [0.05, 0.1) is 10.8 Å². The Kier molecular flexibility index (Phi) is 6.12. The summed E-state index contributed by atoms with van der Waals surface area (Å²) in [6.07, 6.45) is 0. The number of amides is 2. The second-order valence-electron chi connectivity index (χ2n) is 7.22. The monoisotopic (exact) mass is 414 g/mol. The van der Waals surface area contributed by atoms with Crippen LogP contribution < -0.4 is 10.6 Å². The number of anilines is 1. The Morgan fingerprint density at radius 3 is 2.66 bits per heavy atom. The van der Waals surface area contributed by atoms with Crippen molar-refractivity contribution >= 4 is 40.6 Å². The van der Waals surface area contributed by atoms with Gasteiger partial charge in [-0.05, 0) is 48.1 Å². The summed E-state index contributed by atoms with van der Waals surface area (Å²) in [6, 6.07) is 7.46. The number of hydrogen-bond donors (Lipinski definition) is 2. The van der Waals surface area contributed by atoms with Gasteiger partial charge in [-0.1, -0.05) is 19.9 Å². The molecule has 2 atom stereocenters. The number of ketones is 1. The van der Waals surface area contributed by atoms with Gasteiger partial charge in [-0.25, -0.2) is 4.79 Å². The molecular formula is C21H22N2O5S. The highest BCUT2D eigenvalue weighted by molar-refractivity contribution is 7.12. The Hall–Kier alpha value is -3.00. The summed E-state index contributed by atoms with van der Waals surface area (Å²) >= 11 is 1.27. The van der Waals surface area contributed by atoms with Crippen LogP contribution in [0, 0.1) is 5.92 Å². The van der Waals surface area contributed by atoms with Crippen molar-refractivity contribution in [3.05, 3.63) is 51.7 Å². The zero-order chi connectivity index (χ0) is 21.1. The van der Waals surface area contributed by atoms with Crippen molar-refractivity contribution in [3.63, 3.8) is 0 Å². The summed E-state index contributed by atoms with van der Waals surface area (Å²) in [6.45, 7) is 4.90. The lowest BCUT2D eigenvalue weighted by Gasteiger charge is -2.20. The van der Waals surface area contributed by atoms with Crippen LogP contribution in [0.3, 0.4) is 0 Å². The molecule has 1 aliphatic rings. The van der Waals surface area contributed by atoms with E-state index in [1.165, 1.54) is 11.3 Å². The van der Waals surface area contributed by atoms with Crippen LogP contribution in [-0.4, -0.2) is 36.2 Å². The van der Waals surface area contributed by atoms with Gasteiger partial charge in [0.25, 0.3) is 5.91 Å². The molecule has 1 aromatic carbocycles. The van der Waals surface area contributed by atoms with Crippen molar-refractivity contribution < 1.29 is 23.9 Å². The summed E-state index contributed by atoms with van der Waals surface area (Å²) in [5, 5.41) is 7.19. The Morgan fingerprint density at radius 2 is 2.00 bits per heavy atom. The average molecular weight is 414 g/mol. The van der Waals surface area contributed by atoms with E-state index in [1.54, 1.807) is 56.5 Å². The maximum atomic E-state index is 12.5. The van der Waals surface area contributed by atoms with Crippen LogP contribution in [0.4, 0.5) is 5.69 Å². The number of thiophene rings is 1. The zero-order valence-electron chi connectivity index (χ0n) is 16.4. The molecule has 0 bridgehead atoms. The fraction of sp³-hybridized carbons (Fsp3) is 0.333. The van der Waals surface area contributed by atoms with E-state index in [-0.39, 0.29) is 29.4 Å². The number of rotatable bonds is 7. The van der Waals surface area contributed by atoms with E-state index in [1.807, 2.05) is 0 Å². The second kappa shape index (κ2) is 8.57. The fourth-order valence-electron chi connectivity index (χ4n) is 3.02. The number of hydrogen-bond acceptors (Lipinski definition) is 6. The van der Waals surface area contributed by atoms with Crippen LogP contribution in [-0.2, 0) is 14.3 Å². The van der Waals surface area contributed by atoms with E-state index in [9.17, 15) is 19.2 Å². The van der Waals surface area contributed by atoms with Gasteiger partial charge < -0.3 is 15.4 Å². The fourth-order valence-corrected chi connectivity index (χ4v) is 3.64. The van der Waals surface area contributed by atoms with E-state index in [2.05, 4.69) is 10.6 Å². The Bertz CT molecular complexity index is 952. The van der Waals surface area contributed by atoms with Crippen LogP contribution in [0.2, 0.25) is 0 Å². The molecule has 0 saturated carbocycles. The topological polar surface area (TPSA) is 102 Å². The predicted molar refractivity (Wildman–Crippen MR) is 109 cm³/mol. The highest BCUT2D eigenvalue weighted by atomic mass is 32.1. The number of Topliss-reactive ketones (excluding diaryl/α,β-unsaturated/α-hetero) is 1. The molecule has 1 aromatic heterocycles. The second-order valence-corrected chi connectivity index (χ2v) is 8.16. The molecule has 2 aromatic rings. The van der Waals surface area contributed by atoms with Gasteiger partial charge in [-0.15, -0.1) is 11.3 Å². The zero-order valence-corrected chi connectivity index (χ0v) is 17.2. The molecule has 8 heteroatoms. The first-order valence-electron chi connectivity index (χ1n) is 9.27. The van der Waals surface area contributed by atoms with Gasteiger partial charge in [0.2, 0.25) is 5.91 Å². The lowest BCUT2D eigenvalue weighted by atomic mass is 9.99. The molecule has 0 unspecified atom stereocenters. The third kappa shape index (κ3) is 4.54. The average Bonchev–Trinajstić information content (AvgIpc) is 3.32. The number of nitrogens with one attached hydrogen (secondary N) is 2. The molecule has 0 saturated heterocycles. The Morgan fingerprint density at radius 1 is 1.24 bits per heavy atom. The summed E-state index contributed by atoms with van der Waals surface area (Å²) in [7, 11) is 0.